The van der Waals surface area contributed by atoms with Crippen molar-refractivity contribution in [1.29, 1.82) is 0 Å². The first-order chi connectivity index (χ1) is 8.58. The molecule has 2 amide bonds. The van der Waals surface area contributed by atoms with E-state index in [9.17, 15) is 14.0 Å². The lowest BCUT2D eigenvalue weighted by Gasteiger charge is -2.20. The van der Waals surface area contributed by atoms with Gasteiger partial charge in [0, 0.05) is 31.6 Å². The Balaban J connectivity index is 2.17. The van der Waals surface area contributed by atoms with E-state index in [1.807, 2.05) is 0 Å². The summed E-state index contributed by atoms with van der Waals surface area (Å²) in [5.41, 5.74) is 1.11. The molecule has 0 unspecified atom stereocenters. The summed E-state index contributed by atoms with van der Waals surface area (Å²) in [6, 6.07) is 4.11. The van der Waals surface area contributed by atoms with Gasteiger partial charge < -0.3 is 10.2 Å². The molecule has 1 aromatic rings. The molecule has 1 N–H and O–H groups in total. The maximum atomic E-state index is 13.0. The number of rotatable bonds is 1. The molecule has 1 saturated heterocycles. The lowest BCUT2D eigenvalue weighted by Crippen LogP contribution is -2.34. The minimum atomic E-state index is -0.350. The first-order valence-corrected chi connectivity index (χ1v) is 5.90. The van der Waals surface area contributed by atoms with Crippen LogP contribution in [0.1, 0.15) is 22.3 Å². The summed E-state index contributed by atoms with van der Waals surface area (Å²) in [5.74, 6) is -0.540. The first-order valence-electron chi connectivity index (χ1n) is 5.90. The summed E-state index contributed by atoms with van der Waals surface area (Å²) < 4.78 is 13.0. The van der Waals surface area contributed by atoms with Crippen LogP contribution in [0.3, 0.4) is 0 Å². The van der Waals surface area contributed by atoms with Gasteiger partial charge in [-0.3, -0.25) is 9.59 Å². The second kappa shape index (κ2) is 5.16. The summed E-state index contributed by atoms with van der Waals surface area (Å²) in [4.78, 5) is 25.1. The highest BCUT2D eigenvalue weighted by atomic mass is 19.1. The number of nitrogens with one attached hydrogen (secondary N) is 1. The van der Waals surface area contributed by atoms with Crippen LogP contribution in [0.15, 0.2) is 18.2 Å². The van der Waals surface area contributed by atoms with Crippen LogP contribution in [-0.4, -0.2) is 36.3 Å². The molecule has 0 bridgehead atoms. The van der Waals surface area contributed by atoms with E-state index in [0.29, 0.717) is 37.2 Å². The molecule has 1 aliphatic rings. The third kappa shape index (κ3) is 2.67. The van der Waals surface area contributed by atoms with Gasteiger partial charge in [-0.1, -0.05) is 0 Å². The molecule has 1 aromatic carbocycles. The molecular formula is C13H15FN2O2. The monoisotopic (exact) mass is 250 g/mol. The minimum absolute atomic E-state index is 0.0406. The highest BCUT2D eigenvalue weighted by molar-refractivity contribution is 5.96. The number of carbonyl (C=O) groups excluding carboxylic acids is 2. The summed E-state index contributed by atoms with van der Waals surface area (Å²) >= 11 is 0. The highest BCUT2D eigenvalue weighted by Crippen LogP contribution is 2.13. The molecule has 0 atom stereocenters. The average Bonchev–Trinajstić information content (AvgIpc) is 2.53. The minimum Gasteiger partial charge on any atom is -0.354 e. The second-order valence-electron chi connectivity index (χ2n) is 4.35. The average molecular weight is 250 g/mol. The van der Waals surface area contributed by atoms with Crippen molar-refractivity contribution in [1.82, 2.24) is 10.2 Å². The maximum Gasteiger partial charge on any atom is 0.254 e. The number of aryl methyl sites for hydroxylation is 1. The molecule has 1 heterocycles. The van der Waals surface area contributed by atoms with E-state index in [-0.39, 0.29) is 17.6 Å². The number of halogens is 1. The second-order valence-corrected chi connectivity index (χ2v) is 4.35. The Hall–Kier alpha value is -1.91. The van der Waals surface area contributed by atoms with E-state index < -0.39 is 0 Å². The number of nitrogens with zero attached hydrogens (tertiary/aromatic N) is 1. The van der Waals surface area contributed by atoms with Gasteiger partial charge in [-0.05, 0) is 30.7 Å². The summed E-state index contributed by atoms with van der Waals surface area (Å²) in [7, 11) is 0. The number of amides is 2. The molecule has 1 fully saturated rings. The van der Waals surface area contributed by atoms with Crippen LogP contribution in [0.4, 0.5) is 4.39 Å². The number of hydrogen-bond acceptors (Lipinski definition) is 2. The molecule has 2 rings (SSSR count). The SMILES string of the molecule is Cc1cc(F)ccc1C(=O)N1CCNC(=O)CC1. The Bertz CT molecular complexity index is 488. The molecule has 0 spiro atoms. The van der Waals surface area contributed by atoms with E-state index >= 15 is 0 Å². The number of carbonyl (C=O) groups is 2. The molecule has 0 saturated carbocycles. The molecule has 0 aliphatic carbocycles. The van der Waals surface area contributed by atoms with Gasteiger partial charge in [-0.25, -0.2) is 4.39 Å². The smallest absolute Gasteiger partial charge is 0.254 e. The molecule has 1 aliphatic heterocycles. The summed E-state index contributed by atoms with van der Waals surface area (Å²) in [6.07, 6.45) is 0.311. The normalized spacial score (nSPS) is 16.1. The van der Waals surface area contributed by atoms with Crippen molar-refractivity contribution in [3.8, 4) is 0 Å². The molecule has 18 heavy (non-hydrogen) atoms. The van der Waals surface area contributed by atoms with E-state index in [4.69, 9.17) is 0 Å². The maximum absolute atomic E-state index is 13.0. The zero-order valence-electron chi connectivity index (χ0n) is 10.2. The van der Waals surface area contributed by atoms with Crippen molar-refractivity contribution in [2.75, 3.05) is 19.6 Å². The highest BCUT2D eigenvalue weighted by Gasteiger charge is 2.20. The van der Waals surface area contributed by atoms with Gasteiger partial charge in [0.15, 0.2) is 0 Å². The lowest BCUT2D eigenvalue weighted by atomic mass is 10.1. The quantitative estimate of drug-likeness (QED) is 0.811. The van der Waals surface area contributed by atoms with Gasteiger partial charge in [0.25, 0.3) is 5.91 Å². The fraction of sp³-hybridized carbons (Fsp3) is 0.385. The van der Waals surface area contributed by atoms with Gasteiger partial charge in [-0.15, -0.1) is 0 Å². The fourth-order valence-corrected chi connectivity index (χ4v) is 2.01. The fourth-order valence-electron chi connectivity index (χ4n) is 2.01. The molecule has 5 heteroatoms. The lowest BCUT2D eigenvalue weighted by molar-refractivity contribution is -0.120. The van der Waals surface area contributed by atoms with Crippen LogP contribution in [-0.2, 0) is 4.79 Å². The van der Waals surface area contributed by atoms with E-state index in [2.05, 4.69) is 5.32 Å². The van der Waals surface area contributed by atoms with Crippen molar-refractivity contribution in [3.05, 3.63) is 35.1 Å². The third-order valence-electron chi connectivity index (χ3n) is 3.02. The van der Waals surface area contributed by atoms with Crippen molar-refractivity contribution in [2.24, 2.45) is 0 Å². The van der Waals surface area contributed by atoms with Crippen LogP contribution in [0, 0.1) is 12.7 Å². The van der Waals surface area contributed by atoms with Gasteiger partial charge >= 0.3 is 0 Å². The summed E-state index contributed by atoms with van der Waals surface area (Å²) in [6.45, 7) is 3.06. The Morgan fingerprint density at radius 1 is 1.39 bits per heavy atom. The van der Waals surface area contributed by atoms with E-state index in [0.717, 1.165) is 0 Å². The molecule has 0 radical (unpaired) electrons. The Kier molecular flexibility index (Phi) is 3.60. The predicted molar refractivity (Wildman–Crippen MR) is 64.7 cm³/mol. The van der Waals surface area contributed by atoms with Gasteiger partial charge in [0.1, 0.15) is 5.82 Å². The van der Waals surface area contributed by atoms with Crippen LogP contribution >= 0.6 is 0 Å². The predicted octanol–water partition coefficient (Wildman–Crippen LogP) is 1.10. The Labute approximate surface area is 105 Å². The first kappa shape index (κ1) is 12.5. The standard InChI is InChI=1S/C13H15FN2O2/c1-9-8-10(14)2-3-11(9)13(18)16-6-4-12(17)15-5-7-16/h2-3,8H,4-7H2,1H3,(H,15,17). The molecule has 0 aromatic heterocycles. The number of benzene rings is 1. The van der Waals surface area contributed by atoms with Crippen LogP contribution in [0.2, 0.25) is 0 Å². The van der Waals surface area contributed by atoms with Crippen molar-refractivity contribution in [2.45, 2.75) is 13.3 Å². The van der Waals surface area contributed by atoms with Crippen molar-refractivity contribution in [3.63, 3.8) is 0 Å². The molecule has 4 nitrogen and oxygen atoms in total. The van der Waals surface area contributed by atoms with Crippen molar-refractivity contribution >= 4 is 11.8 Å². The topological polar surface area (TPSA) is 49.4 Å². The van der Waals surface area contributed by atoms with E-state index in [1.54, 1.807) is 11.8 Å². The third-order valence-corrected chi connectivity index (χ3v) is 3.02. The molecular weight excluding hydrogens is 235 g/mol. The van der Waals surface area contributed by atoms with Gasteiger partial charge in [0.2, 0.25) is 5.91 Å². The zero-order chi connectivity index (χ0) is 13.1. The van der Waals surface area contributed by atoms with E-state index in [1.165, 1.54) is 18.2 Å². The summed E-state index contributed by atoms with van der Waals surface area (Å²) in [5, 5.41) is 2.71. The van der Waals surface area contributed by atoms with Gasteiger partial charge in [0.05, 0.1) is 0 Å². The van der Waals surface area contributed by atoms with Crippen molar-refractivity contribution < 1.29 is 14.0 Å². The largest absolute Gasteiger partial charge is 0.354 e. The zero-order valence-corrected chi connectivity index (χ0v) is 10.2. The Morgan fingerprint density at radius 3 is 2.89 bits per heavy atom. The van der Waals surface area contributed by atoms with Crippen LogP contribution in [0.5, 0.6) is 0 Å². The van der Waals surface area contributed by atoms with Crippen LogP contribution in [0.25, 0.3) is 0 Å². The van der Waals surface area contributed by atoms with Crippen LogP contribution < -0.4 is 5.32 Å². The number of hydrogen-bond donors (Lipinski definition) is 1. The molecule has 96 valence electrons. The van der Waals surface area contributed by atoms with Gasteiger partial charge in [-0.2, -0.15) is 0 Å². The Morgan fingerprint density at radius 2 is 2.17 bits per heavy atom.